The molecular weight excluding hydrogens is 750 g/mol. The van der Waals surface area contributed by atoms with Crippen molar-refractivity contribution in [2.75, 3.05) is 4.90 Å². The maximum Gasteiger partial charge on any atom is 0.179 e. The van der Waals surface area contributed by atoms with Crippen molar-refractivity contribution in [1.82, 2.24) is 4.57 Å². The Morgan fingerprint density at radius 3 is 1.40 bits per heavy atom. The lowest BCUT2D eigenvalue weighted by Crippen LogP contribution is -2.74. The highest BCUT2D eigenvalue weighted by Crippen LogP contribution is 2.40. The first-order valence-electron chi connectivity index (χ1n) is 20.1. The van der Waals surface area contributed by atoms with Gasteiger partial charge in [0.05, 0.1) is 22.7 Å². The molecule has 9 aromatic carbocycles. The zero-order valence-corrected chi connectivity index (χ0v) is 33.7. The predicted octanol–water partition coefficient (Wildman–Crippen LogP) is 11.3. The molecule has 0 unspecified atom stereocenters. The third-order valence-corrected chi connectivity index (χ3v) is 16.4. The first-order valence-corrected chi connectivity index (χ1v) is 22.1. The van der Waals surface area contributed by atoms with Crippen LogP contribution in [0.3, 0.4) is 0 Å². The number of nitriles is 1. The summed E-state index contributed by atoms with van der Waals surface area (Å²) in [4.78, 5) is 2.25. The van der Waals surface area contributed by atoms with Crippen molar-refractivity contribution in [3.8, 4) is 22.9 Å². The molecular formula is C55H38FN3Si. The van der Waals surface area contributed by atoms with Crippen LogP contribution in [0, 0.1) is 17.1 Å². The summed E-state index contributed by atoms with van der Waals surface area (Å²) in [7, 11) is -2.86. The molecule has 60 heavy (non-hydrogen) atoms. The highest BCUT2D eigenvalue weighted by atomic mass is 28.3. The Balaban J connectivity index is 1.24. The van der Waals surface area contributed by atoms with Crippen molar-refractivity contribution in [2.45, 2.75) is 0 Å². The van der Waals surface area contributed by atoms with Crippen LogP contribution in [0.5, 0.6) is 0 Å². The largest absolute Gasteiger partial charge is 0.310 e. The fraction of sp³-hybridized carbons (Fsp3) is 0. The molecule has 0 radical (unpaired) electrons. The molecule has 284 valence electrons. The highest BCUT2D eigenvalue weighted by Gasteiger charge is 2.41. The zero-order chi connectivity index (χ0) is 40.5. The molecule has 0 aliphatic heterocycles. The van der Waals surface area contributed by atoms with Gasteiger partial charge >= 0.3 is 0 Å². The third kappa shape index (κ3) is 6.37. The molecule has 10 rings (SSSR count). The first kappa shape index (κ1) is 36.6. The Morgan fingerprint density at radius 1 is 0.417 bits per heavy atom. The van der Waals surface area contributed by atoms with Gasteiger partial charge in [-0.1, -0.05) is 146 Å². The maximum absolute atomic E-state index is 14.4. The number of halogens is 1. The average Bonchev–Trinajstić information content (AvgIpc) is 3.64. The van der Waals surface area contributed by atoms with Gasteiger partial charge in [0, 0.05) is 33.5 Å². The van der Waals surface area contributed by atoms with E-state index in [9.17, 15) is 9.65 Å². The predicted molar refractivity (Wildman–Crippen MR) is 249 cm³/mol. The molecule has 0 spiro atoms. The van der Waals surface area contributed by atoms with E-state index in [2.05, 4.69) is 191 Å². The molecule has 1 heterocycles. The van der Waals surface area contributed by atoms with Gasteiger partial charge < -0.3 is 9.47 Å². The Bertz CT molecular complexity index is 3030. The van der Waals surface area contributed by atoms with E-state index < -0.39 is 8.07 Å². The van der Waals surface area contributed by atoms with Gasteiger partial charge in [0.25, 0.3) is 0 Å². The molecule has 5 heteroatoms. The van der Waals surface area contributed by atoms with E-state index in [1.807, 2.05) is 42.5 Å². The summed E-state index contributed by atoms with van der Waals surface area (Å²) in [6, 6.07) is 82.3. The number of hydrogen-bond acceptors (Lipinski definition) is 2. The molecule has 0 atom stereocenters. The number of nitrogens with zero attached hydrogens (tertiary/aromatic N) is 3. The lowest BCUT2D eigenvalue weighted by Gasteiger charge is -2.34. The lowest BCUT2D eigenvalue weighted by atomic mass is 10.0. The number of rotatable bonds is 9. The smallest absolute Gasteiger partial charge is 0.179 e. The number of anilines is 3. The van der Waals surface area contributed by atoms with Crippen LogP contribution in [-0.4, -0.2) is 12.6 Å². The number of fused-ring (bicyclic) bond motifs is 3. The minimum atomic E-state index is -2.86. The van der Waals surface area contributed by atoms with E-state index in [1.165, 1.54) is 32.9 Å². The monoisotopic (exact) mass is 787 g/mol. The van der Waals surface area contributed by atoms with Crippen LogP contribution in [-0.2, 0) is 0 Å². The van der Waals surface area contributed by atoms with Crippen LogP contribution in [0.2, 0.25) is 0 Å². The quantitative estimate of drug-likeness (QED) is 0.108. The van der Waals surface area contributed by atoms with Crippen LogP contribution in [0.15, 0.2) is 231 Å². The Morgan fingerprint density at radius 2 is 0.867 bits per heavy atom. The summed E-state index contributed by atoms with van der Waals surface area (Å²) in [5.74, 6) is -0.273. The number of benzene rings is 9. The zero-order valence-electron chi connectivity index (χ0n) is 32.7. The van der Waals surface area contributed by atoms with E-state index in [0.717, 1.165) is 55.7 Å². The van der Waals surface area contributed by atoms with Gasteiger partial charge in [-0.25, -0.2) is 4.39 Å². The number of hydrogen-bond donors (Lipinski definition) is 0. The van der Waals surface area contributed by atoms with E-state index in [-0.39, 0.29) is 5.82 Å². The Kier molecular flexibility index (Phi) is 9.46. The maximum atomic E-state index is 14.4. The second-order valence-corrected chi connectivity index (χ2v) is 18.8. The summed E-state index contributed by atoms with van der Waals surface area (Å²) in [6.07, 6.45) is 0. The van der Waals surface area contributed by atoms with Crippen molar-refractivity contribution in [3.63, 3.8) is 0 Å². The van der Waals surface area contributed by atoms with Crippen molar-refractivity contribution >= 4 is 67.7 Å². The minimum absolute atomic E-state index is 0.273. The van der Waals surface area contributed by atoms with Crippen molar-refractivity contribution in [2.24, 2.45) is 0 Å². The first-order chi connectivity index (χ1) is 29.6. The molecule has 10 aromatic rings. The molecule has 0 amide bonds. The van der Waals surface area contributed by atoms with Crippen LogP contribution in [0.1, 0.15) is 5.56 Å². The van der Waals surface area contributed by atoms with Crippen molar-refractivity contribution in [1.29, 1.82) is 5.26 Å². The summed E-state index contributed by atoms with van der Waals surface area (Å²) < 4.78 is 16.7. The highest BCUT2D eigenvalue weighted by molar-refractivity contribution is 7.20. The molecule has 1 aromatic heterocycles. The van der Waals surface area contributed by atoms with E-state index >= 15 is 0 Å². The van der Waals surface area contributed by atoms with Crippen LogP contribution in [0.4, 0.5) is 21.5 Å². The van der Waals surface area contributed by atoms with Gasteiger partial charge in [0.1, 0.15) is 5.82 Å². The van der Waals surface area contributed by atoms with Gasteiger partial charge in [-0.2, -0.15) is 5.26 Å². The fourth-order valence-electron chi connectivity index (χ4n) is 8.88. The molecule has 0 fully saturated rings. The van der Waals surface area contributed by atoms with Gasteiger partial charge in [0.15, 0.2) is 8.07 Å². The SMILES string of the molecule is N#Cc1ccc(N(c2ccc(-c3ccccc3)cc2)c2ccc3c(c2)c2cc([Si](c4ccccc4)(c4ccccc4)c4ccccc4)ccc2n3-c2ccc(F)cc2)cc1. The van der Waals surface area contributed by atoms with Gasteiger partial charge in [0.2, 0.25) is 0 Å². The Hall–Kier alpha value is -7.78. The normalized spacial score (nSPS) is 11.4. The summed E-state index contributed by atoms with van der Waals surface area (Å²) in [6.45, 7) is 0. The second kappa shape index (κ2) is 15.5. The van der Waals surface area contributed by atoms with E-state index in [0.29, 0.717) is 5.56 Å². The standard InChI is InChI=1S/C55H38FN3Si/c56-43-25-31-46(32-26-43)59-54-35-33-47(58(44-27-21-40(39-57)22-28-44)45-29-23-42(24-30-45)41-13-5-1-6-14-41)37-52(54)53-38-51(34-36-55(53)59)60(48-15-7-2-8-16-48,49-17-9-3-10-18-49)50-19-11-4-12-20-50/h1-38H. The Labute approximate surface area is 350 Å². The number of aromatic nitrogens is 1. The molecule has 0 aliphatic rings. The van der Waals surface area contributed by atoms with Gasteiger partial charge in [-0.15, -0.1) is 0 Å². The summed E-state index contributed by atoms with van der Waals surface area (Å²) in [5, 5.41) is 17.0. The second-order valence-electron chi connectivity index (χ2n) is 15.0. The van der Waals surface area contributed by atoms with Gasteiger partial charge in [-0.3, -0.25) is 0 Å². The topological polar surface area (TPSA) is 32.0 Å². The van der Waals surface area contributed by atoms with Crippen LogP contribution >= 0.6 is 0 Å². The van der Waals surface area contributed by atoms with Crippen LogP contribution < -0.4 is 25.6 Å². The average molecular weight is 788 g/mol. The molecule has 0 saturated carbocycles. The third-order valence-electron chi connectivity index (χ3n) is 11.6. The van der Waals surface area contributed by atoms with E-state index in [4.69, 9.17) is 0 Å². The molecule has 0 bridgehead atoms. The van der Waals surface area contributed by atoms with Crippen molar-refractivity contribution in [3.05, 3.63) is 242 Å². The summed E-state index contributed by atoms with van der Waals surface area (Å²) in [5.41, 5.74) is 8.73. The molecule has 0 aliphatic carbocycles. The van der Waals surface area contributed by atoms with E-state index in [1.54, 1.807) is 0 Å². The van der Waals surface area contributed by atoms with Gasteiger partial charge in [-0.05, 0) is 117 Å². The van der Waals surface area contributed by atoms with Crippen LogP contribution in [0.25, 0.3) is 38.6 Å². The lowest BCUT2D eigenvalue weighted by molar-refractivity contribution is 0.627. The minimum Gasteiger partial charge on any atom is -0.310 e. The molecule has 0 saturated heterocycles. The summed E-state index contributed by atoms with van der Waals surface area (Å²) >= 11 is 0. The van der Waals surface area contributed by atoms with Crippen molar-refractivity contribution < 1.29 is 4.39 Å². The fourth-order valence-corrected chi connectivity index (χ4v) is 13.7. The molecule has 3 nitrogen and oxygen atoms in total. The molecule has 0 N–H and O–H groups in total.